The molecule has 0 amide bonds. The molecule has 1 atom stereocenters. The average Bonchev–Trinajstić information content (AvgIpc) is 3.21. The van der Waals surface area contributed by atoms with E-state index in [9.17, 15) is 5.11 Å². The molecular formula is C15H28N2O. The first-order valence-electron chi connectivity index (χ1n) is 7.92. The third-order valence-electron chi connectivity index (χ3n) is 4.49. The van der Waals surface area contributed by atoms with Crippen molar-refractivity contribution in [1.82, 2.24) is 10.2 Å². The summed E-state index contributed by atoms with van der Waals surface area (Å²) in [5.74, 6) is 1.99. The highest BCUT2D eigenvalue weighted by Crippen LogP contribution is 2.33. The lowest BCUT2D eigenvalue weighted by atomic mass is 10.2. The van der Waals surface area contributed by atoms with Crippen LogP contribution in [0.4, 0.5) is 0 Å². The van der Waals surface area contributed by atoms with Crippen LogP contribution in [-0.2, 0) is 0 Å². The minimum Gasteiger partial charge on any atom is -0.395 e. The van der Waals surface area contributed by atoms with Gasteiger partial charge in [0.05, 0.1) is 6.61 Å². The summed E-state index contributed by atoms with van der Waals surface area (Å²) in [5, 5.41) is 13.0. The zero-order valence-electron chi connectivity index (χ0n) is 11.5. The fourth-order valence-electron chi connectivity index (χ4n) is 2.74. The molecule has 3 heteroatoms. The van der Waals surface area contributed by atoms with Gasteiger partial charge in [-0.3, -0.25) is 0 Å². The van der Waals surface area contributed by atoms with E-state index in [-0.39, 0.29) is 0 Å². The predicted octanol–water partition coefficient (Wildman–Crippen LogP) is 1.61. The Balaban J connectivity index is 1.38. The molecule has 0 aromatic heterocycles. The highest BCUT2D eigenvalue weighted by atomic mass is 16.3. The lowest BCUT2D eigenvalue weighted by molar-refractivity contribution is 0.197. The molecule has 3 nitrogen and oxygen atoms in total. The van der Waals surface area contributed by atoms with Gasteiger partial charge in [0, 0.05) is 25.2 Å². The smallest absolute Gasteiger partial charge is 0.0585 e. The zero-order valence-corrected chi connectivity index (χ0v) is 11.5. The van der Waals surface area contributed by atoms with Crippen molar-refractivity contribution in [2.24, 2.45) is 11.8 Å². The molecule has 2 N–H and O–H groups in total. The van der Waals surface area contributed by atoms with Crippen LogP contribution in [0.1, 0.15) is 44.9 Å². The summed E-state index contributed by atoms with van der Waals surface area (Å²) in [6.45, 7) is 4.12. The van der Waals surface area contributed by atoms with Crippen molar-refractivity contribution in [2.75, 3.05) is 26.2 Å². The normalized spacial score (nSPS) is 25.7. The molecule has 0 aromatic rings. The van der Waals surface area contributed by atoms with Crippen LogP contribution in [0.2, 0.25) is 0 Å². The Kier molecular flexibility index (Phi) is 4.22. The van der Waals surface area contributed by atoms with Crippen LogP contribution < -0.4 is 5.32 Å². The number of aliphatic hydroxyl groups is 1. The summed E-state index contributed by atoms with van der Waals surface area (Å²) >= 11 is 0. The molecule has 18 heavy (non-hydrogen) atoms. The van der Waals surface area contributed by atoms with E-state index in [1.165, 1.54) is 58.2 Å². The van der Waals surface area contributed by atoms with Crippen LogP contribution >= 0.6 is 0 Å². The maximum absolute atomic E-state index is 9.42. The summed E-state index contributed by atoms with van der Waals surface area (Å²) in [6.07, 6.45) is 9.53. The van der Waals surface area contributed by atoms with Crippen LogP contribution in [0.25, 0.3) is 0 Å². The highest BCUT2D eigenvalue weighted by molar-refractivity contribution is 4.86. The molecule has 0 heterocycles. The van der Waals surface area contributed by atoms with E-state index in [2.05, 4.69) is 10.2 Å². The second-order valence-electron chi connectivity index (χ2n) is 6.76. The number of rotatable bonds is 10. The van der Waals surface area contributed by atoms with Gasteiger partial charge in [0.15, 0.2) is 0 Å². The molecule has 3 saturated carbocycles. The second-order valence-corrected chi connectivity index (χ2v) is 6.76. The molecule has 0 bridgehead atoms. The van der Waals surface area contributed by atoms with Crippen molar-refractivity contribution >= 4 is 0 Å². The number of hydrogen-bond donors (Lipinski definition) is 2. The fraction of sp³-hybridized carbons (Fsp3) is 1.00. The third-order valence-corrected chi connectivity index (χ3v) is 4.49. The van der Waals surface area contributed by atoms with E-state index < -0.39 is 0 Å². The van der Waals surface area contributed by atoms with Crippen molar-refractivity contribution in [3.05, 3.63) is 0 Å². The van der Waals surface area contributed by atoms with Gasteiger partial charge >= 0.3 is 0 Å². The van der Waals surface area contributed by atoms with Gasteiger partial charge in [-0.2, -0.15) is 0 Å². The lowest BCUT2D eigenvalue weighted by Crippen LogP contribution is -2.39. The fourth-order valence-corrected chi connectivity index (χ4v) is 2.74. The van der Waals surface area contributed by atoms with Crippen molar-refractivity contribution in [3.63, 3.8) is 0 Å². The van der Waals surface area contributed by atoms with Gasteiger partial charge in [-0.05, 0) is 63.3 Å². The molecule has 3 fully saturated rings. The maximum atomic E-state index is 9.42. The molecule has 1 unspecified atom stereocenters. The molecule has 104 valence electrons. The molecule has 3 aliphatic carbocycles. The Morgan fingerprint density at radius 1 is 1.00 bits per heavy atom. The van der Waals surface area contributed by atoms with E-state index in [0.717, 1.165) is 18.3 Å². The summed E-state index contributed by atoms with van der Waals surface area (Å²) < 4.78 is 0. The van der Waals surface area contributed by atoms with E-state index in [0.29, 0.717) is 18.7 Å². The molecule has 0 saturated heterocycles. The van der Waals surface area contributed by atoms with Gasteiger partial charge in [0.25, 0.3) is 0 Å². The number of nitrogens with one attached hydrogen (secondary N) is 1. The van der Waals surface area contributed by atoms with Gasteiger partial charge in [-0.1, -0.05) is 0 Å². The Bertz CT molecular complexity index is 245. The molecule has 0 radical (unpaired) electrons. The van der Waals surface area contributed by atoms with Crippen molar-refractivity contribution in [2.45, 2.75) is 57.0 Å². The van der Waals surface area contributed by atoms with Crippen molar-refractivity contribution in [1.29, 1.82) is 0 Å². The topological polar surface area (TPSA) is 35.5 Å². The Morgan fingerprint density at radius 3 is 2.06 bits per heavy atom. The zero-order chi connectivity index (χ0) is 12.4. The van der Waals surface area contributed by atoms with Gasteiger partial charge < -0.3 is 15.3 Å². The van der Waals surface area contributed by atoms with E-state index in [1.54, 1.807) is 0 Å². The highest BCUT2D eigenvalue weighted by Gasteiger charge is 2.30. The summed E-state index contributed by atoms with van der Waals surface area (Å²) in [7, 11) is 0. The minimum absolute atomic E-state index is 0.303. The van der Waals surface area contributed by atoms with E-state index in [4.69, 9.17) is 0 Å². The SMILES string of the molecule is OCC(CCN(CC1CC1)CC1CC1)NC1CC1. The Morgan fingerprint density at radius 2 is 1.61 bits per heavy atom. The Hall–Kier alpha value is -0.120. The summed E-state index contributed by atoms with van der Waals surface area (Å²) in [4.78, 5) is 2.67. The van der Waals surface area contributed by atoms with Crippen LogP contribution in [0, 0.1) is 11.8 Å². The number of nitrogens with zero attached hydrogens (tertiary/aromatic N) is 1. The molecule has 0 spiro atoms. The van der Waals surface area contributed by atoms with Crippen LogP contribution in [0.3, 0.4) is 0 Å². The van der Waals surface area contributed by atoms with Crippen molar-refractivity contribution < 1.29 is 5.11 Å². The molecule has 0 aromatic carbocycles. The standard InChI is InChI=1S/C15H28N2O/c18-11-15(16-14-5-6-14)7-8-17(9-12-1-2-12)10-13-3-4-13/h12-16,18H,1-11H2. The lowest BCUT2D eigenvalue weighted by Gasteiger charge is -2.25. The predicted molar refractivity (Wildman–Crippen MR) is 73.5 cm³/mol. The van der Waals surface area contributed by atoms with Gasteiger partial charge in [-0.15, -0.1) is 0 Å². The minimum atomic E-state index is 0.303. The molecule has 3 aliphatic rings. The first-order valence-corrected chi connectivity index (χ1v) is 7.92. The molecule has 3 rings (SSSR count). The third kappa shape index (κ3) is 4.52. The monoisotopic (exact) mass is 252 g/mol. The Labute approximate surface area is 111 Å². The summed E-state index contributed by atoms with van der Waals surface area (Å²) in [5.41, 5.74) is 0. The van der Waals surface area contributed by atoms with E-state index in [1.807, 2.05) is 0 Å². The first kappa shape index (κ1) is 12.9. The molecule has 0 aliphatic heterocycles. The second kappa shape index (κ2) is 5.89. The maximum Gasteiger partial charge on any atom is 0.0585 e. The van der Waals surface area contributed by atoms with Crippen molar-refractivity contribution in [3.8, 4) is 0 Å². The van der Waals surface area contributed by atoms with Gasteiger partial charge in [0.2, 0.25) is 0 Å². The van der Waals surface area contributed by atoms with Gasteiger partial charge in [-0.25, -0.2) is 0 Å². The molecular weight excluding hydrogens is 224 g/mol. The largest absolute Gasteiger partial charge is 0.395 e. The quantitative estimate of drug-likeness (QED) is 0.620. The van der Waals surface area contributed by atoms with Crippen LogP contribution in [-0.4, -0.2) is 48.3 Å². The summed E-state index contributed by atoms with van der Waals surface area (Å²) in [6, 6.07) is 1.04. The first-order chi connectivity index (χ1) is 8.83. The van der Waals surface area contributed by atoms with Gasteiger partial charge in [0.1, 0.15) is 0 Å². The van der Waals surface area contributed by atoms with E-state index >= 15 is 0 Å². The van der Waals surface area contributed by atoms with Crippen LogP contribution in [0.15, 0.2) is 0 Å². The average molecular weight is 252 g/mol. The number of hydrogen-bond acceptors (Lipinski definition) is 3. The van der Waals surface area contributed by atoms with Crippen LogP contribution in [0.5, 0.6) is 0 Å². The number of aliphatic hydroxyl groups excluding tert-OH is 1.